The number of thiol groups is 1. The summed E-state index contributed by atoms with van der Waals surface area (Å²) in [7, 11) is 0. The summed E-state index contributed by atoms with van der Waals surface area (Å²) >= 11 is 7.51. The molecule has 0 aliphatic rings. The number of rotatable bonds is 5. The van der Waals surface area contributed by atoms with Crippen molar-refractivity contribution in [2.24, 2.45) is 0 Å². The van der Waals surface area contributed by atoms with Crippen LogP contribution in [0.1, 0.15) is 36.5 Å². The zero-order valence-electron chi connectivity index (χ0n) is 9.20. The van der Waals surface area contributed by atoms with Gasteiger partial charge in [-0.05, 0) is 40.5 Å². The van der Waals surface area contributed by atoms with Gasteiger partial charge in [0.1, 0.15) is 0 Å². The molecule has 0 saturated carbocycles. The van der Waals surface area contributed by atoms with E-state index in [0.29, 0.717) is 12.2 Å². The van der Waals surface area contributed by atoms with E-state index in [-0.39, 0.29) is 5.97 Å². The van der Waals surface area contributed by atoms with Crippen LogP contribution in [0.2, 0.25) is 0 Å². The molecule has 0 atom stereocenters. The maximum atomic E-state index is 11.7. The van der Waals surface area contributed by atoms with E-state index in [1.165, 1.54) is 0 Å². The second-order valence-electron chi connectivity index (χ2n) is 3.51. The smallest absolute Gasteiger partial charge is 0.339 e. The minimum Gasteiger partial charge on any atom is -0.462 e. The molecule has 0 bridgehead atoms. The highest BCUT2D eigenvalue weighted by molar-refractivity contribution is 9.10. The lowest BCUT2D eigenvalue weighted by molar-refractivity contribution is 0.0497. The zero-order valence-corrected chi connectivity index (χ0v) is 11.7. The van der Waals surface area contributed by atoms with Crippen molar-refractivity contribution >= 4 is 34.5 Å². The van der Waals surface area contributed by atoms with E-state index in [4.69, 9.17) is 4.74 Å². The number of ether oxygens (including phenoxy) is 1. The summed E-state index contributed by atoms with van der Waals surface area (Å²) in [6.07, 6.45) is 3.12. The summed E-state index contributed by atoms with van der Waals surface area (Å²) in [6, 6.07) is 5.32. The maximum Gasteiger partial charge on any atom is 0.339 e. The first-order valence-electron chi connectivity index (χ1n) is 5.30. The van der Waals surface area contributed by atoms with Gasteiger partial charge in [0.05, 0.1) is 12.2 Å². The largest absolute Gasteiger partial charge is 0.462 e. The fraction of sp³-hybridized carbons (Fsp3) is 0.417. The van der Waals surface area contributed by atoms with Crippen LogP contribution in [0.4, 0.5) is 0 Å². The Labute approximate surface area is 110 Å². The number of esters is 1. The number of halogens is 1. The molecule has 1 aromatic rings. The second kappa shape index (κ2) is 6.97. The summed E-state index contributed by atoms with van der Waals surface area (Å²) in [4.78, 5) is 12.4. The van der Waals surface area contributed by atoms with Gasteiger partial charge in [0, 0.05) is 9.37 Å². The second-order valence-corrected chi connectivity index (χ2v) is 4.88. The lowest BCUT2D eigenvalue weighted by atomic mass is 10.2. The molecule has 0 aromatic heterocycles. The van der Waals surface area contributed by atoms with Gasteiger partial charge >= 0.3 is 5.97 Å². The summed E-state index contributed by atoms with van der Waals surface area (Å²) in [5, 5.41) is 0. The highest BCUT2D eigenvalue weighted by Gasteiger charge is 2.11. The fourth-order valence-electron chi connectivity index (χ4n) is 1.26. The van der Waals surface area contributed by atoms with Gasteiger partial charge in [-0.3, -0.25) is 0 Å². The minimum atomic E-state index is -0.293. The summed E-state index contributed by atoms with van der Waals surface area (Å²) in [5.41, 5.74) is 0.531. The van der Waals surface area contributed by atoms with Crippen LogP contribution in [0.15, 0.2) is 27.6 Å². The van der Waals surface area contributed by atoms with Crippen molar-refractivity contribution in [1.29, 1.82) is 0 Å². The molecule has 0 amide bonds. The van der Waals surface area contributed by atoms with Crippen molar-refractivity contribution in [1.82, 2.24) is 0 Å². The first kappa shape index (κ1) is 13.6. The first-order chi connectivity index (χ1) is 7.65. The molecule has 0 aliphatic heterocycles. The highest BCUT2D eigenvalue weighted by Crippen LogP contribution is 2.21. The lowest BCUT2D eigenvalue weighted by Gasteiger charge is -2.06. The Morgan fingerprint density at radius 1 is 1.44 bits per heavy atom. The number of unbranched alkanes of at least 4 members (excludes halogenated alkanes) is 2. The van der Waals surface area contributed by atoms with Gasteiger partial charge in [0.2, 0.25) is 0 Å². The summed E-state index contributed by atoms with van der Waals surface area (Å²) in [6.45, 7) is 2.60. The molecular formula is C12H15BrO2S. The van der Waals surface area contributed by atoms with Gasteiger partial charge in [-0.15, -0.1) is 12.6 Å². The van der Waals surface area contributed by atoms with Crippen LogP contribution in [-0.2, 0) is 4.74 Å². The molecule has 0 unspecified atom stereocenters. The number of carbonyl (C=O) groups is 1. The first-order valence-corrected chi connectivity index (χ1v) is 6.54. The molecule has 0 fully saturated rings. The predicted octanol–water partition coefficient (Wildman–Crippen LogP) is 4.08. The van der Waals surface area contributed by atoms with Crippen LogP contribution in [-0.4, -0.2) is 12.6 Å². The minimum absolute atomic E-state index is 0.293. The van der Waals surface area contributed by atoms with Crippen LogP contribution in [0.3, 0.4) is 0 Å². The van der Waals surface area contributed by atoms with Crippen molar-refractivity contribution in [2.75, 3.05) is 6.61 Å². The molecule has 4 heteroatoms. The Kier molecular flexibility index (Phi) is 5.91. The quantitative estimate of drug-likeness (QED) is 0.504. The summed E-state index contributed by atoms with van der Waals surface area (Å²) in [5.74, 6) is -0.293. The van der Waals surface area contributed by atoms with E-state index >= 15 is 0 Å². The van der Waals surface area contributed by atoms with Crippen LogP contribution in [0.5, 0.6) is 0 Å². The van der Waals surface area contributed by atoms with E-state index < -0.39 is 0 Å². The molecular weight excluding hydrogens is 288 g/mol. The Balaban J connectivity index is 2.55. The average Bonchev–Trinajstić information content (AvgIpc) is 2.27. The molecule has 0 N–H and O–H groups in total. The molecule has 0 heterocycles. The molecule has 16 heavy (non-hydrogen) atoms. The van der Waals surface area contributed by atoms with E-state index in [1.54, 1.807) is 12.1 Å². The predicted molar refractivity (Wildman–Crippen MR) is 71.2 cm³/mol. The number of hydrogen-bond donors (Lipinski definition) is 1. The van der Waals surface area contributed by atoms with Gasteiger partial charge in [-0.25, -0.2) is 4.79 Å². The van der Waals surface area contributed by atoms with Gasteiger partial charge in [-0.1, -0.05) is 19.8 Å². The van der Waals surface area contributed by atoms with Gasteiger partial charge in [-0.2, -0.15) is 0 Å². The van der Waals surface area contributed by atoms with Crippen molar-refractivity contribution < 1.29 is 9.53 Å². The lowest BCUT2D eigenvalue weighted by Crippen LogP contribution is -2.07. The van der Waals surface area contributed by atoms with Crippen molar-refractivity contribution in [2.45, 2.75) is 31.1 Å². The zero-order chi connectivity index (χ0) is 12.0. The number of benzene rings is 1. The normalized spacial score (nSPS) is 10.2. The molecule has 2 nitrogen and oxygen atoms in total. The molecule has 0 saturated heterocycles. The van der Waals surface area contributed by atoms with E-state index in [2.05, 4.69) is 35.5 Å². The van der Waals surface area contributed by atoms with E-state index in [9.17, 15) is 4.79 Å². The number of hydrogen-bond acceptors (Lipinski definition) is 3. The molecule has 1 rings (SSSR count). The van der Waals surface area contributed by atoms with E-state index in [0.717, 1.165) is 28.6 Å². The fourth-order valence-corrected chi connectivity index (χ4v) is 1.88. The monoisotopic (exact) mass is 302 g/mol. The molecule has 0 aliphatic carbocycles. The van der Waals surface area contributed by atoms with E-state index in [1.807, 2.05) is 6.07 Å². The Morgan fingerprint density at radius 2 is 2.19 bits per heavy atom. The van der Waals surface area contributed by atoms with Crippen LogP contribution < -0.4 is 0 Å². The average molecular weight is 303 g/mol. The molecule has 88 valence electrons. The Morgan fingerprint density at radius 3 is 2.88 bits per heavy atom. The third kappa shape index (κ3) is 4.18. The van der Waals surface area contributed by atoms with Gasteiger partial charge < -0.3 is 4.74 Å². The topological polar surface area (TPSA) is 26.3 Å². The van der Waals surface area contributed by atoms with Crippen LogP contribution in [0.25, 0.3) is 0 Å². The molecule has 0 spiro atoms. The third-order valence-corrected chi connectivity index (χ3v) is 3.12. The Hall–Kier alpha value is -0.480. The maximum absolute atomic E-state index is 11.7. The highest BCUT2D eigenvalue weighted by atomic mass is 79.9. The van der Waals surface area contributed by atoms with Gasteiger partial charge in [0.25, 0.3) is 0 Å². The SMILES string of the molecule is CCCCCOC(=O)c1cc(S)ccc1Br. The van der Waals surface area contributed by atoms with Gasteiger partial charge in [0.15, 0.2) is 0 Å². The third-order valence-electron chi connectivity index (χ3n) is 2.15. The molecule has 1 aromatic carbocycles. The van der Waals surface area contributed by atoms with Crippen LogP contribution >= 0.6 is 28.6 Å². The standard InChI is InChI=1S/C12H15BrO2S/c1-2-3-4-7-15-12(14)10-8-9(16)5-6-11(10)13/h5-6,8,16H,2-4,7H2,1H3. The number of carbonyl (C=O) groups excluding carboxylic acids is 1. The molecule has 0 radical (unpaired) electrons. The van der Waals surface area contributed by atoms with Crippen molar-refractivity contribution in [3.8, 4) is 0 Å². The van der Waals surface area contributed by atoms with Crippen molar-refractivity contribution in [3.63, 3.8) is 0 Å². The van der Waals surface area contributed by atoms with Crippen molar-refractivity contribution in [3.05, 3.63) is 28.2 Å². The van der Waals surface area contributed by atoms with Crippen LogP contribution in [0, 0.1) is 0 Å². The Bertz CT molecular complexity index is 366. The summed E-state index contributed by atoms with van der Waals surface area (Å²) < 4.78 is 5.90.